The maximum Gasteiger partial charge on any atom is 0.230 e. The highest BCUT2D eigenvalue weighted by atomic mass is 35.5. The third kappa shape index (κ3) is 3.93. The lowest BCUT2D eigenvalue weighted by molar-refractivity contribution is -0.115. The minimum Gasteiger partial charge on any atom is -0.454 e. The Morgan fingerprint density at radius 3 is 2.56 bits per heavy atom. The van der Waals surface area contributed by atoms with E-state index in [9.17, 15) is 4.79 Å². The summed E-state index contributed by atoms with van der Waals surface area (Å²) in [5.41, 5.74) is 2.08. The van der Waals surface area contributed by atoms with Gasteiger partial charge in [-0.15, -0.1) is 0 Å². The third-order valence-corrected chi connectivity index (χ3v) is 4.29. The number of pyridine rings is 1. The molecule has 6 heteroatoms. The monoisotopic (exact) mass is 377 g/mol. The van der Waals surface area contributed by atoms with E-state index in [4.69, 9.17) is 16.3 Å². The number of halogens is 1. The van der Waals surface area contributed by atoms with Gasteiger partial charge < -0.3 is 14.5 Å². The first-order chi connectivity index (χ1) is 13.2. The van der Waals surface area contributed by atoms with Gasteiger partial charge in [-0.2, -0.15) is 0 Å². The van der Waals surface area contributed by atoms with Crippen LogP contribution >= 0.6 is 11.6 Å². The number of aromatic nitrogens is 2. The molecule has 2 aromatic heterocycles. The lowest BCUT2D eigenvalue weighted by Gasteiger charge is -2.12. The molecule has 1 amide bonds. The zero-order valence-electron chi connectivity index (χ0n) is 14.3. The van der Waals surface area contributed by atoms with Crippen LogP contribution in [0.25, 0.3) is 5.65 Å². The maximum absolute atomic E-state index is 12.5. The molecule has 0 aliphatic carbocycles. The number of fused-ring (bicyclic) bond motifs is 1. The second-order valence-corrected chi connectivity index (χ2v) is 6.36. The van der Waals surface area contributed by atoms with E-state index in [0.29, 0.717) is 27.9 Å². The molecule has 27 heavy (non-hydrogen) atoms. The lowest BCUT2D eigenvalue weighted by Crippen LogP contribution is -2.15. The number of para-hydroxylation sites is 3. The van der Waals surface area contributed by atoms with Crippen LogP contribution in [0, 0.1) is 0 Å². The summed E-state index contributed by atoms with van der Waals surface area (Å²) in [6.45, 7) is 0. The van der Waals surface area contributed by atoms with E-state index in [2.05, 4.69) is 10.3 Å². The summed E-state index contributed by atoms with van der Waals surface area (Å²) in [6, 6.07) is 20.2. The SMILES string of the molecule is O=C(Cc1cn2ccccc2n1)Nc1ccccc1Oc1ccccc1Cl. The topological polar surface area (TPSA) is 55.6 Å². The fourth-order valence-corrected chi connectivity index (χ4v) is 2.91. The van der Waals surface area contributed by atoms with Crippen LogP contribution in [0.3, 0.4) is 0 Å². The van der Waals surface area contributed by atoms with Gasteiger partial charge in [0.2, 0.25) is 5.91 Å². The summed E-state index contributed by atoms with van der Waals surface area (Å²) in [6.07, 6.45) is 3.92. The van der Waals surface area contributed by atoms with Crippen LogP contribution in [-0.2, 0) is 11.2 Å². The summed E-state index contributed by atoms with van der Waals surface area (Å²) < 4.78 is 7.76. The Labute approximate surface area is 161 Å². The average Bonchev–Trinajstić information content (AvgIpc) is 3.07. The molecule has 0 spiro atoms. The molecule has 0 atom stereocenters. The highest BCUT2D eigenvalue weighted by Gasteiger charge is 2.12. The molecular weight excluding hydrogens is 362 g/mol. The van der Waals surface area contributed by atoms with E-state index in [0.717, 1.165) is 5.65 Å². The van der Waals surface area contributed by atoms with Gasteiger partial charge in [-0.25, -0.2) is 4.98 Å². The van der Waals surface area contributed by atoms with Gasteiger partial charge in [-0.05, 0) is 36.4 Å². The van der Waals surface area contributed by atoms with Crippen molar-refractivity contribution < 1.29 is 9.53 Å². The van der Waals surface area contributed by atoms with E-state index in [1.807, 2.05) is 59.3 Å². The molecule has 0 saturated heterocycles. The summed E-state index contributed by atoms with van der Waals surface area (Å²) >= 11 is 6.16. The number of anilines is 1. The number of hydrogen-bond donors (Lipinski definition) is 1. The van der Waals surface area contributed by atoms with Crippen molar-refractivity contribution in [3.05, 3.63) is 89.8 Å². The quantitative estimate of drug-likeness (QED) is 0.534. The van der Waals surface area contributed by atoms with E-state index >= 15 is 0 Å². The number of nitrogens with zero attached hydrogens (tertiary/aromatic N) is 2. The minimum atomic E-state index is -0.173. The Kier molecular flexibility index (Phi) is 4.77. The molecule has 5 nitrogen and oxygen atoms in total. The van der Waals surface area contributed by atoms with Crippen molar-refractivity contribution in [2.45, 2.75) is 6.42 Å². The minimum absolute atomic E-state index is 0.169. The molecule has 0 bridgehead atoms. The fraction of sp³-hybridized carbons (Fsp3) is 0.0476. The molecule has 4 rings (SSSR count). The van der Waals surface area contributed by atoms with Crippen LogP contribution in [-0.4, -0.2) is 15.3 Å². The van der Waals surface area contributed by atoms with Crippen molar-refractivity contribution in [3.8, 4) is 11.5 Å². The van der Waals surface area contributed by atoms with Crippen molar-refractivity contribution in [2.75, 3.05) is 5.32 Å². The molecule has 4 aromatic rings. The number of rotatable bonds is 5. The Hall–Kier alpha value is -3.31. The van der Waals surface area contributed by atoms with E-state index in [1.54, 1.807) is 24.3 Å². The predicted octanol–water partition coefficient (Wildman–Crippen LogP) is 4.96. The summed E-state index contributed by atoms with van der Waals surface area (Å²) in [7, 11) is 0. The Morgan fingerprint density at radius 1 is 1.00 bits per heavy atom. The first kappa shape index (κ1) is 17.1. The van der Waals surface area contributed by atoms with Gasteiger partial charge in [0, 0.05) is 12.4 Å². The van der Waals surface area contributed by atoms with E-state index in [1.165, 1.54) is 0 Å². The highest BCUT2D eigenvalue weighted by molar-refractivity contribution is 6.32. The molecule has 0 unspecified atom stereocenters. The Bertz CT molecular complexity index is 1070. The van der Waals surface area contributed by atoms with Crippen LogP contribution in [0.1, 0.15) is 5.69 Å². The Balaban J connectivity index is 1.50. The van der Waals surface area contributed by atoms with Gasteiger partial charge in [0.1, 0.15) is 11.4 Å². The number of carbonyl (C=O) groups excluding carboxylic acids is 1. The van der Waals surface area contributed by atoms with Gasteiger partial charge >= 0.3 is 0 Å². The van der Waals surface area contributed by atoms with Crippen LogP contribution in [0.2, 0.25) is 5.02 Å². The van der Waals surface area contributed by atoms with Gasteiger partial charge in [-0.3, -0.25) is 4.79 Å². The number of benzene rings is 2. The third-order valence-electron chi connectivity index (χ3n) is 3.97. The van der Waals surface area contributed by atoms with Gasteiger partial charge in [-0.1, -0.05) is 41.9 Å². The standard InChI is InChI=1S/C21H16ClN3O2/c22-16-7-1-3-9-18(16)27-19-10-4-2-8-17(19)24-21(26)13-15-14-25-12-6-5-11-20(25)23-15/h1-12,14H,13H2,(H,24,26). The molecule has 134 valence electrons. The lowest BCUT2D eigenvalue weighted by atomic mass is 10.2. The molecule has 2 heterocycles. The van der Waals surface area contributed by atoms with Crippen LogP contribution in [0.5, 0.6) is 11.5 Å². The first-order valence-electron chi connectivity index (χ1n) is 8.43. The molecule has 0 aliphatic heterocycles. The largest absolute Gasteiger partial charge is 0.454 e. The number of imidazole rings is 1. The highest BCUT2D eigenvalue weighted by Crippen LogP contribution is 2.33. The van der Waals surface area contributed by atoms with Crippen molar-refractivity contribution in [2.24, 2.45) is 0 Å². The molecule has 0 saturated carbocycles. The number of ether oxygens (including phenoxy) is 1. The normalized spacial score (nSPS) is 10.7. The smallest absolute Gasteiger partial charge is 0.230 e. The first-order valence-corrected chi connectivity index (χ1v) is 8.81. The molecule has 0 fully saturated rings. The van der Waals surface area contributed by atoms with Crippen molar-refractivity contribution >= 4 is 28.8 Å². The molecular formula is C21H16ClN3O2. The van der Waals surface area contributed by atoms with Crippen LogP contribution < -0.4 is 10.1 Å². The number of nitrogens with one attached hydrogen (secondary N) is 1. The number of amides is 1. The summed E-state index contributed by atoms with van der Waals surface area (Å²) in [5, 5.41) is 3.39. The van der Waals surface area contributed by atoms with E-state index < -0.39 is 0 Å². The van der Waals surface area contributed by atoms with Crippen molar-refractivity contribution in [1.29, 1.82) is 0 Å². The zero-order valence-corrected chi connectivity index (χ0v) is 15.1. The van der Waals surface area contributed by atoms with E-state index in [-0.39, 0.29) is 12.3 Å². The molecule has 0 aliphatic rings. The van der Waals surface area contributed by atoms with Crippen molar-refractivity contribution in [3.63, 3.8) is 0 Å². The Morgan fingerprint density at radius 2 is 1.74 bits per heavy atom. The summed E-state index contributed by atoms with van der Waals surface area (Å²) in [5.74, 6) is 0.879. The van der Waals surface area contributed by atoms with Crippen LogP contribution in [0.4, 0.5) is 5.69 Å². The number of carbonyl (C=O) groups is 1. The summed E-state index contributed by atoms with van der Waals surface area (Å²) in [4.78, 5) is 16.9. The predicted molar refractivity (Wildman–Crippen MR) is 105 cm³/mol. The molecule has 0 radical (unpaired) electrons. The second-order valence-electron chi connectivity index (χ2n) is 5.95. The van der Waals surface area contributed by atoms with Gasteiger partial charge in [0.25, 0.3) is 0 Å². The van der Waals surface area contributed by atoms with Crippen LogP contribution in [0.15, 0.2) is 79.1 Å². The maximum atomic E-state index is 12.5. The number of hydrogen-bond acceptors (Lipinski definition) is 3. The van der Waals surface area contributed by atoms with Gasteiger partial charge in [0.05, 0.1) is 22.8 Å². The fourth-order valence-electron chi connectivity index (χ4n) is 2.74. The zero-order chi connectivity index (χ0) is 18.6. The van der Waals surface area contributed by atoms with Gasteiger partial charge in [0.15, 0.2) is 5.75 Å². The molecule has 2 aromatic carbocycles. The van der Waals surface area contributed by atoms with Crippen molar-refractivity contribution in [1.82, 2.24) is 9.38 Å². The molecule has 1 N–H and O–H groups in total. The second kappa shape index (κ2) is 7.51. The average molecular weight is 378 g/mol.